The molecule has 0 saturated carbocycles. The summed E-state index contributed by atoms with van der Waals surface area (Å²) < 4.78 is 22.4. The highest BCUT2D eigenvalue weighted by Crippen LogP contribution is 1.97. The maximum Gasteiger partial charge on any atom is 0.255 e. The lowest BCUT2D eigenvalue weighted by atomic mass is 10.6. The summed E-state index contributed by atoms with van der Waals surface area (Å²) in [6, 6.07) is 0. The minimum atomic E-state index is -2.32. The maximum absolute atomic E-state index is 11.2. The molecule has 0 aliphatic rings. The van der Waals surface area contributed by atoms with Crippen molar-refractivity contribution in [3.63, 3.8) is 0 Å². The van der Waals surface area contributed by atoms with Crippen molar-refractivity contribution in [1.82, 2.24) is 4.90 Å². The minimum absolute atomic E-state index is 0.833. The molecule has 0 aromatic carbocycles. The van der Waals surface area contributed by atoms with Gasteiger partial charge in [0.25, 0.3) is 6.43 Å². The molecule has 0 fully saturated rings. The van der Waals surface area contributed by atoms with E-state index in [9.17, 15) is 8.78 Å². The molecule has 3 heteroatoms. The highest BCUT2D eigenvalue weighted by molar-refractivity contribution is 4.61. The molecule has 0 aromatic heterocycles. The van der Waals surface area contributed by atoms with Gasteiger partial charge in [0.05, 0.1) is 6.54 Å². The fourth-order valence-electron chi connectivity index (χ4n) is 0.225. The van der Waals surface area contributed by atoms with Crippen LogP contribution in [-0.4, -0.2) is 25.4 Å². The zero-order valence-corrected chi connectivity index (χ0v) is 4.36. The Hall–Kier alpha value is -0.180. The molecule has 0 spiro atoms. The average Bonchev–Trinajstić information content (AvgIpc) is 1.27. The molecule has 0 aliphatic carbocycles. The van der Waals surface area contributed by atoms with E-state index in [4.69, 9.17) is 0 Å². The van der Waals surface area contributed by atoms with Gasteiger partial charge >= 0.3 is 0 Å². The van der Waals surface area contributed by atoms with Gasteiger partial charge in [0.2, 0.25) is 0 Å². The molecule has 0 unspecified atom stereocenters. The molecule has 0 atom stereocenters. The smallest absolute Gasteiger partial charge is 0.255 e. The van der Waals surface area contributed by atoms with Gasteiger partial charge in [-0.2, -0.15) is 0 Å². The predicted octanol–water partition coefficient (Wildman–Crippen LogP) is 0.975. The third-order valence-electron chi connectivity index (χ3n) is 0.411. The molecule has 0 aromatic rings. The third-order valence-corrected chi connectivity index (χ3v) is 0.411. The zero-order chi connectivity index (χ0) is 5.86. The maximum atomic E-state index is 11.2. The van der Waals surface area contributed by atoms with E-state index >= 15 is 0 Å². The van der Waals surface area contributed by atoms with Crippen LogP contribution >= 0.6 is 0 Å². The second-order valence-corrected chi connectivity index (χ2v) is 1.45. The van der Waals surface area contributed by atoms with Crippen molar-refractivity contribution in [2.45, 2.75) is 6.43 Å². The number of nitrogens with zero attached hydrogens (tertiary/aromatic N) is 1. The summed E-state index contributed by atoms with van der Waals surface area (Å²) in [5.41, 5.74) is 0. The van der Waals surface area contributed by atoms with Crippen LogP contribution in [0.3, 0.4) is 0 Å². The second-order valence-electron chi connectivity index (χ2n) is 1.45. The lowest BCUT2D eigenvalue weighted by Crippen LogP contribution is -2.12. The molecule has 0 aliphatic heterocycles. The molecular weight excluding hydrogens is 100 g/mol. The molecule has 1 nitrogen and oxygen atoms in total. The van der Waals surface area contributed by atoms with E-state index in [1.165, 1.54) is 4.90 Å². The van der Waals surface area contributed by atoms with Crippen molar-refractivity contribution in [2.24, 2.45) is 0 Å². The first-order valence-corrected chi connectivity index (χ1v) is 1.92. The van der Waals surface area contributed by atoms with Gasteiger partial charge in [0.1, 0.15) is 0 Å². The monoisotopic (exact) mass is 108 g/mol. The van der Waals surface area contributed by atoms with Crippen LogP contribution in [0.5, 0.6) is 0 Å². The van der Waals surface area contributed by atoms with E-state index in [1.807, 2.05) is 0 Å². The first kappa shape index (κ1) is 6.82. The lowest BCUT2D eigenvalue weighted by Gasteiger charge is -2.04. The molecule has 0 bridgehead atoms. The molecule has 0 amide bonds. The van der Waals surface area contributed by atoms with Crippen LogP contribution in [0.15, 0.2) is 0 Å². The van der Waals surface area contributed by atoms with E-state index in [1.54, 1.807) is 14.1 Å². The highest BCUT2D eigenvalue weighted by Gasteiger charge is 2.02. The van der Waals surface area contributed by atoms with Crippen molar-refractivity contribution in [1.29, 1.82) is 0 Å². The summed E-state index contributed by atoms with van der Waals surface area (Å²) in [7, 11) is 3.12. The summed E-state index contributed by atoms with van der Waals surface area (Å²) in [6.45, 7) is 0.833. The Balaban J connectivity index is 2.95. The van der Waals surface area contributed by atoms with Gasteiger partial charge in [-0.1, -0.05) is 0 Å². The lowest BCUT2D eigenvalue weighted by molar-refractivity contribution is 0.150. The molecule has 1 radical (unpaired) electrons. The Labute approximate surface area is 41.9 Å². The van der Waals surface area contributed by atoms with Crippen LogP contribution in [-0.2, 0) is 0 Å². The highest BCUT2D eigenvalue weighted by atomic mass is 19.3. The molecule has 43 valence electrons. The Morgan fingerprint density at radius 2 is 1.86 bits per heavy atom. The van der Waals surface area contributed by atoms with Crippen molar-refractivity contribution in [3.05, 3.63) is 6.54 Å². The molecule has 0 rings (SSSR count). The normalized spacial score (nSPS) is 11.1. The minimum Gasteiger partial charge on any atom is -0.300 e. The van der Waals surface area contributed by atoms with Crippen LogP contribution in [0.1, 0.15) is 0 Å². The fraction of sp³-hybridized carbons (Fsp3) is 0.750. The third kappa shape index (κ3) is 5.82. The zero-order valence-electron chi connectivity index (χ0n) is 4.36. The van der Waals surface area contributed by atoms with Crippen molar-refractivity contribution in [2.75, 3.05) is 14.1 Å². The topological polar surface area (TPSA) is 3.24 Å². The van der Waals surface area contributed by atoms with Gasteiger partial charge in [-0.3, -0.25) is 4.90 Å². The largest absolute Gasteiger partial charge is 0.300 e. The van der Waals surface area contributed by atoms with Crippen LogP contribution in [0, 0.1) is 6.54 Å². The SMILES string of the molecule is CN(C)[CH]C(F)F. The van der Waals surface area contributed by atoms with Crippen LogP contribution < -0.4 is 0 Å². The summed E-state index contributed by atoms with van der Waals surface area (Å²) in [4.78, 5) is 1.32. The number of rotatable bonds is 2. The molecule has 0 N–H and O–H groups in total. The number of hydrogen-bond acceptors (Lipinski definition) is 1. The number of halogens is 2. The first-order valence-electron chi connectivity index (χ1n) is 1.92. The van der Waals surface area contributed by atoms with E-state index in [0.29, 0.717) is 0 Å². The molecular formula is C4H8F2N. The first-order chi connectivity index (χ1) is 3.13. The summed E-state index contributed by atoms with van der Waals surface area (Å²) >= 11 is 0. The second kappa shape index (κ2) is 2.91. The molecule has 0 saturated heterocycles. The van der Waals surface area contributed by atoms with Gasteiger partial charge < -0.3 is 0 Å². The van der Waals surface area contributed by atoms with Gasteiger partial charge in [-0.05, 0) is 14.1 Å². The average molecular weight is 108 g/mol. The Morgan fingerprint density at radius 1 is 1.43 bits per heavy atom. The molecule has 0 heterocycles. The van der Waals surface area contributed by atoms with Crippen molar-refractivity contribution in [3.8, 4) is 0 Å². The van der Waals surface area contributed by atoms with Crippen LogP contribution in [0.25, 0.3) is 0 Å². The standard InChI is InChI=1S/C4H8F2N/c1-7(2)3-4(5)6/h3-4H,1-2H3. The Morgan fingerprint density at radius 3 is 1.86 bits per heavy atom. The Bertz CT molecular complexity index is 39.0. The number of hydrogen-bond donors (Lipinski definition) is 0. The fourth-order valence-corrected chi connectivity index (χ4v) is 0.225. The van der Waals surface area contributed by atoms with E-state index < -0.39 is 6.43 Å². The van der Waals surface area contributed by atoms with E-state index in [0.717, 1.165) is 6.54 Å². The Kier molecular flexibility index (Phi) is 2.83. The van der Waals surface area contributed by atoms with Gasteiger partial charge in [-0.15, -0.1) is 0 Å². The van der Waals surface area contributed by atoms with Gasteiger partial charge in [0.15, 0.2) is 0 Å². The predicted molar refractivity (Wildman–Crippen MR) is 24.0 cm³/mol. The van der Waals surface area contributed by atoms with Crippen molar-refractivity contribution < 1.29 is 8.78 Å². The van der Waals surface area contributed by atoms with Crippen LogP contribution in [0.2, 0.25) is 0 Å². The van der Waals surface area contributed by atoms with E-state index in [2.05, 4.69) is 0 Å². The van der Waals surface area contributed by atoms with Crippen molar-refractivity contribution >= 4 is 0 Å². The van der Waals surface area contributed by atoms with E-state index in [-0.39, 0.29) is 0 Å². The summed E-state index contributed by atoms with van der Waals surface area (Å²) in [5, 5.41) is 0. The van der Waals surface area contributed by atoms with Gasteiger partial charge in [0, 0.05) is 0 Å². The summed E-state index contributed by atoms with van der Waals surface area (Å²) in [6.07, 6.45) is -2.32. The quantitative estimate of drug-likeness (QED) is 0.509. The molecule has 7 heavy (non-hydrogen) atoms. The number of alkyl halides is 2. The van der Waals surface area contributed by atoms with Crippen LogP contribution in [0.4, 0.5) is 8.78 Å². The van der Waals surface area contributed by atoms with Gasteiger partial charge in [-0.25, -0.2) is 8.78 Å². The summed E-state index contributed by atoms with van der Waals surface area (Å²) in [5.74, 6) is 0.